The maximum Gasteiger partial charge on any atom is 0.158 e. The molecule has 3 rings (SSSR count). The van der Waals surface area contributed by atoms with E-state index in [9.17, 15) is 0 Å². The Hall–Kier alpha value is -3.60. The number of nitrogens with zero attached hydrogens (tertiary/aromatic N) is 4. The minimum absolute atomic E-state index is 0.332. The van der Waals surface area contributed by atoms with Crippen LogP contribution in [-0.4, -0.2) is 0 Å². The third-order valence-electron chi connectivity index (χ3n) is 4.91. The van der Waals surface area contributed by atoms with E-state index in [1.165, 1.54) is 0 Å². The lowest BCUT2D eigenvalue weighted by Crippen LogP contribution is -2.16. The van der Waals surface area contributed by atoms with E-state index in [2.05, 4.69) is 13.8 Å². The molecule has 0 atom stereocenters. The van der Waals surface area contributed by atoms with Crippen molar-refractivity contribution in [3.63, 3.8) is 0 Å². The fourth-order valence-corrected chi connectivity index (χ4v) is 3.49. The minimum atomic E-state index is -0.790. The number of hydrogen-bond acceptors (Lipinski definition) is 4. The first-order valence-corrected chi connectivity index (χ1v) is 7.85. The van der Waals surface area contributed by atoms with Gasteiger partial charge < -0.3 is 0 Å². The highest BCUT2D eigenvalue weighted by atomic mass is 14.4. The Morgan fingerprint density at radius 1 is 0.680 bits per heavy atom. The molecule has 0 amide bonds. The smallest absolute Gasteiger partial charge is 0.158 e. The second-order valence-corrected chi connectivity index (χ2v) is 6.62. The molecule has 0 bridgehead atoms. The SMILES string of the molecule is CC1(C)c2cc(C(C#N)C#N)ccc2-c2ccc(C(C#N)C#N)cc21. The molecule has 25 heavy (non-hydrogen) atoms. The van der Waals surface area contributed by atoms with Gasteiger partial charge in [-0.1, -0.05) is 50.2 Å². The predicted octanol–water partition coefficient (Wildman–Crippen LogP) is 4.25. The van der Waals surface area contributed by atoms with Crippen molar-refractivity contribution in [3.05, 3.63) is 58.7 Å². The average Bonchev–Trinajstić information content (AvgIpc) is 2.85. The molecule has 0 aromatic heterocycles. The van der Waals surface area contributed by atoms with E-state index in [1.54, 1.807) is 0 Å². The van der Waals surface area contributed by atoms with Crippen molar-refractivity contribution in [2.75, 3.05) is 0 Å². The number of benzene rings is 2. The zero-order valence-electron chi connectivity index (χ0n) is 13.9. The van der Waals surface area contributed by atoms with Gasteiger partial charge in [0.25, 0.3) is 0 Å². The van der Waals surface area contributed by atoms with E-state index < -0.39 is 11.8 Å². The first kappa shape index (κ1) is 16.3. The molecule has 0 heterocycles. The largest absolute Gasteiger partial charge is 0.196 e. The third kappa shape index (κ3) is 2.33. The second-order valence-electron chi connectivity index (χ2n) is 6.62. The van der Waals surface area contributed by atoms with E-state index in [-0.39, 0.29) is 5.41 Å². The first-order chi connectivity index (χ1) is 12.0. The summed E-state index contributed by atoms with van der Waals surface area (Å²) in [6.45, 7) is 4.15. The Morgan fingerprint density at radius 2 is 1.04 bits per heavy atom. The summed E-state index contributed by atoms with van der Waals surface area (Å²) in [6.07, 6.45) is 0. The number of hydrogen-bond donors (Lipinski definition) is 0. The molecule has 4 nitrogen and oxygen atoms in total. The quantitative estimate of drug-likeness (QED) is 0.825. The van der Waals surface area contributed by atoms with Gasteiger partial charge in [0.2, 0.25) is 0 Å². The standard InChI is InChI=1S/C21H14N4/c1-21(2)19-7-13(15(9-22)10-23)3-5-17(19)18-6-4-14(8-20(18)21)16(11-24)12-25/h3-8,15-16H,1-2H3. The molecule has 0 unspecified atom stereocenters. The summed E-state index contributed by atoms with van der Waals surface area (Å²) in [5.74, 6) is -1.58. The van der Waals surface area contributed by atoms with Crippen LogP contribution >= 0.6 is 0 Å². The molecule has 0 radical (unpaired) electrons. The van der Waals surface area contributed by atoms with Crippen molar-refractivity contribution in [1.29, 1.82) is 21.0 Å². The van der Waals surface area contributed by atoms with Crippen molar-refractivity contribution >= 4 is 0 Å². The Kier molecular flexibility index (Phi) is 3.77. The lowest BCUT2D eigenvalue weighted by molar-refractivity contribution is 0.658. The normalized spacial score (nSPS) is 13.3. The summed E-state index contributed by atoms with van der Waals surface area (Å²) in [6, 6.07) is 19.5. The van der Waals surface area contributed by atoms with Gasteiger partial charge in [-0.05, 0) is 33.4 Å². The van der Waals surface area contributed by atoms with Crippen LogP contribution in [0.2, 0.25) is 0 Å². The highest BCUT2D eigenvalue weighted by molar-refractivity contribution is 5.81. The van der Waals surface area contributed by atoms with Gasteiger partial charge in [-0.2, -0.15) is 21.0 Å². The molecular formula is C21H14N4. The maximum absolute atomic E-state index is 9.15. The molecule has 0 aliphatic heterocycles. The van der Waals surface area contributed by atoms with Gasteiger partial charge in [0, 0.05) is 5.41 Å². The van der Waals surface area contributed by atoms with E-state index in [0.717, 1.165) is 22.3 Å². The fourth-order valence-electron chi connectivity index (χ4n) is 3.49. The summed E-state index contributed by atoms with van der Waals surface area (Å²) in [7, 11) is 0. The Balaban J connectivity index is 2.18. The fraction of sp³-hybridized carbons (Fsp3) is 0.238. The van der Waals surface area contributed by atoms with E-state index in [0.29, 0.717) is 11.1 Å². The highest BCUT2D eigenvalue weighted by Crippen LogP contribution is 2.49. The topological polar surface area (TPSA) is 95.2 Å². The average molecular weight is 322 g/mol. The van der Waals surface area contributed by atoms with Crippen molar-refractivity contribution in [2.45, 2.75) is 31.1 Å². The van der Waals surface area contributed by atoms with Gasteiger partial charge in [0.1, 0.15) is 0 Å². The van der Waals surface area contributed by atoms with E-state index >= 15 is 0 Å². The van der Waals surface area contributed by atoms with E-state index in [1.807, 2.05) is 60.7 Å². The zero-order chi connectivity index (χ0) is 18.2. The molecule has 0 spiro atoms. The molecule has 0 saturated heterocycles. The molecule has 2 aromatic carbocycles. The van der Waals surface area contributed by atoms with Crippen LogP contribution in [0.25, 0.3) is 11.1 Å². The summed E-state index contributed by atoms with van der Waals surface area (Å²) in [5, 5.41) is 36.6. The van der Waals surface area contributed by atoms with Crippen LogP contribution < -0.4 is 0 Å². The van der Waals surface area contributed by atoms with Gasteiger partial charge in [0.15, 0.2) is 11.8 Å². The van der Waals surface area contributed by atoms with Crippen molar-refractivity contribution in [2.24, 2.45) is 0 Å². The minimum Gasteiger partial charge on any atom is -0.196 e. The monoisotopic (exact) mass is 322 g/mol. The van der Waals surface area contributed by atoms with Gasteiger partial charge in [-0.25, -0.2) is 0 Å². The molecule has 4 heteroatoms. The zero-order valence-corrected chi connectivity index (χ0v) is 13.9. The Labute approximate surface area is 146 Å². The molecule has 118 valence electrons. The van der Waals surface area contributed by atoms with Gasteiger partial charge in [-0.3, -0.25) is 0 Å². The van der Waals surface area contributed by atoms with Crippen LogP contribution in [-0.2, 0) is 5.41 Å². The van der Waals surface area contributed by atoms with Crippen molar-refractivity contribution < 1.29 is 0 Å². The van der Waals surface area contributed by atoms with Crippen LogP contribution in [0.3, 0.4) is 0 Å². The van der Waals surface area contributed by atoms with Crippen LogP contribution in [0, 0.1) is 45.3 Å². The second kappa shape index (κ2) is 5.79. The number of fused-ring (bicyclic) bond motifs is 3. The number of nitriles is 4. The Morgan fingerprint density at radius 3 is 1.36 bits per heavy atom. The van der Waals surface area contributed by atoms with E-state index in [4.69, 9.17) is 21.0 Å². The predicted molar refractivity (Wildman–Crippen MR) is 91.9 cm³/mol. The van der Waals surface area contributed by atoms with Crippen LogP contribution in [0.15, 0.2) is 36.4 Å². The maximum atomic E-state index is 9.15. The molecule has 0 N–H and O–H groups in total. The molecular weight excluding hydrogens is 308 g/mol. The molecule has 1 aliphatic rings. The molecule has 2 aromatic rings. The van der Waals surface area contributed by atoms with Gasteiger partial charge >= 0.3 is 0 Å². The van der Waals surface area contributed by atoms with Crippen LogP contribution in [0.1, 0.15) is 47.9 Å². The first-order valence-electron chi connectivity index (χ1n) is 7.85. The summed E-state index contributed by atoms with van der Waals surface area (Å²) >= 11 is 0. The lowest BCUT2D eigenvalue weighted by Gasteiger charge is -2.22. The third-order valence-corrected chi connectivity index (χ3v) is 4.91. The molecule has 0 saturated carbocycles. The summed E-state index contributed by atoms with van der Waals surface area (Å²) < 4.78 is 0. The summed E-state index contributed by atoms with van der Waals surface area (Å²) in [5.41, 5.74) is 5.29. The molecule has 0 fully saturated rings. The van der Waals surface area contributed by atoms with Crippen molar-refractivity contribution in [1.82, 2.24) is 0 Å². The van der Waals surface area contributed by atoms with Crippen molar-refractivity contribution in [3.8, 4) is 35.4 Å². The van der Waals surface area contributed by atoms with Gasteiger partial charge in [-0.15, -0.1) is 0 Å². The summed E-state index contributed by atoms with van der Waals surface area (Å²) in [4.78, 5) is 0. The van der Waals surface area contributed by atoms with Crippen LogP contribution in [0.4, 0.5) is 0 Å². The Bertz CT molecular complexity index is 924. The molecule has 1 aliphatic carbocycles. The van der Waals surface area contributed by atoms with Crippen LogP contribution in [0.5, 0.6) is 0 Å². The lowest BCUT2D eigenvalue weighted by atomic mass is 9.80. The van der Waals surface area contributed by atoms with Gasteiger partial charge in [0.05, 0.1) is 24.3 Å². The highest BCUT2D eigenvalue weighted by Gasteiger charge is 2.36. The number of rotatable bonds is 2.